The summed E-state index contributed by atoms with van der Waals surface area (Å²) in [6.07, 6.45) is 2.96. The molecule has 31 heavy (non-hydrogen) atoms. The van der Waals surface area contributed by atoms with Gasteiger partial charge in [0.1, 0.15) is 13.2 Å². The summed E-state index contributed by atoms with van der Waals surface area (Å²) in [5, 5.41) is 3.06. The van der Waals surface area contributed by atoms with Crippen LogP contribution < -0.4 is 14.8 Å². The molecule has 1 unspecified atom stereocenters. The molecule has 0 bridgehead atoms. The molecule has 1 saturated heterocycles. The number of anilines is 1. The van der Waals surface area contributed by atoms with Gasteiger partial charge in [0.05, 0.1) is 0 Å². The topological polar surface area (TPSA) is 50.8 Å². The summed E-state index contributed by atoms with van der Waals surface area (Å²) in [5.74, 6) is 1.62. The van der Waals surface area contributed by atoms with Gasteiger partial charge in [0.25, 0.3) is 0 Å². The standard InChI is InChI=1S/C26H34N2O3/c1-26(2,3)21-8-6-19(7-9-21)20(18-28-12-4-5-13-28)16-25(29)27-22-10-11-23-24(17-22)31-15-14-30-23/h6-11,17,20H,4-5,12-16,18H2,1-3H3,(H,27,29). The zero-order valence-electron chi connectivity index (χ0n) is 18.9. The third kappa shape index (κ3) is 5.59. The van der Waals surface area contributed by atoms with Gasteiger partial charge in [-0.3, -0.25) is 4.79 Å². The van der Waals surface area contributed by atoms with Crippen molar-refractivity contribution in [3.8, 4) is 11.5 Å². The zero-order valence-corrected chi connectivity index (χ0v) is 18.9. The van der Waals surface area contributed by atoms with Gasteiger partial charge in [-0.15, -0.1) is 0 Å². The second-order valence-corrected chi connectivity index (χ2v) is 9.69. The van der Waals surface area contributed by atoms with E-state index >= 15 is 0 Å². The highest BCUT2D eigenvalue weighted by molar-refractivity contribution is 5.91. The van der Waals surface area contributed by atoms with Crippen LogP contribution in [0.3, 0.4) is 0 Å². The maximum absolute atomic E-state index is 13.0. The average Bonchev–Trinajstić information content (AvgIpc) is 3.26. The highest BCUT2D eigenvalue weighted by atomic mass is 16.6. The lowest BCUT2D eigenvalue weighted by Gasteiger charge is -2.25. The number of ether oxygens (including phenoxy) is 2. The van der Waals surface area contributed by atoms with Gasteiger partial charge in [0, 0.05) is 30.6 Å². The smallest absolute Gasteiger partial charge is 0.225 e. The molecule has 1 N–H and O–H groups in total. The SMILES string of the molecule is CC(C)(C)c1ccc(C(CC(=O)Nc2ccc3c(c2)OCCO3)CN2CCCC2)cc1. The number of hydrogen-bond donors (Lipinski definition) is 1. The molecule has 4 rings (SSSR count). The molecule has 2 aromatic carbocycles. The van der Waals surface area contributed by atoms with Crippen LogP contribution >= 0.6 is 0 Å². The third-order valence-electron chi connectivity index (χ3n) is 6.18. The Morgan fingerprint density at radius 1 is 1.00 bits per heavy atom. The van der Waals surface area contributed by atoms with Crippen LogP contribution in [0.1, 0.15) is 57.1 Å². The number of benzene rings is 2. The zero-order chi connectivity index (χ0) is 21.8. The van der Waals surface area contributed by atoms with Crippen molar-refractivity contribution < 1.29 is 14.3 Å². The summed E-state index contributed by atoms with van der Waals surface area (Å²) >= 11 is 0. The van der Waals surface area contributed by atoms with Gasteiger partial charge < -0.3 is 19.7 Å². The Bertz CT molecular complexity index is 896. The van der Waals surface area contributed by atoms with E-state index in [1.54, 1.807) is 0 Å². The summed E-state index contributed by atoms with van der Waals surface area (Å²) in [6, 6.07) is 14.4. The van der Waals surface area contributed by atoms with E-state index < -0.39 is 0 Å². The molecule has 0 saturated carbocycles. The van der Waals surface area contributed by atoms with Crippen LogP contribution in [0, 0.1) is 0 Å². The second kappa shape index (κ2) is 9.31. The monoisotopic (exact) mass is 422 g/mol. The van der Waals surface area contributed by atoms with Crippen LogP contribution in [0.4, 0.5) is 5.69 Å². The minimum absolute atomic E-state index is 0.0285. The summed E-state index contributed by atoms with van der Waals surface area (Å²) in [5.41, 5.74) is 3.42. The first-order valence-electron chi connectivity index (χ1n) is 11.4. The van der Waals surface area contributed by atoms with Gasteiger partial charge in [0.15, 0.2) is 11.5 Å². The molecule has 0 spiro atoms. The molecule has 0 aromatic heterocycles. The van der Waals surface area contributed by atoms with Gasteiger partial charge in [0.2, 0.25) is 5.91 Å². The predicted molar refractivity (Wildman–Crippen MR) is 124 cm³/mol. The van der Waals surface area contributed by atoms with E-state index in [1.807, 2.05) is 18.2 Å². The van der Waals surface area contributed by atoms with Crippen molar-refractivity contribution in [2.24, 2.45) is 0 Å². The fourth-order valence-corrected chi connectivity index (χ4v) is 4.38. The first-order chi connectivity index (χ1) is 14.9. The van der Waals surface area contributed by atoms with Crippen LogP contribution in [0.25, 0.3) is 0 Å². The van der Waals surface area contributed by atoms with E-state index in [0.717, 1.165) is 31.1 Å². The van der Waals surface area contributed by atoms with Crippen molar-refractivity contribution in [1.82, 2.24) is 4.90 Å². The molecule has 1 amide bonds. The number of hydrogen-bond acceptors (Lipinski definition) is 4. The average molecular weight is 423 g/mol. The largest absolute Gasteiger partial charge is 0.486 e. The predicted octanol–water partition coefficient (Wildman–Crippen LogP) is 4.96. The van der Waals surface area contributed by atoms with Crippen LogP contribution in [-0.2, 0) is 10.2 Å². The van der Waals surface area contributed by atoms with E-state index in [1.165, 1.54) is 24.0 Å². The van der Waals surface area contributed by atoms with Gasteiger partial charge in [-0.1, -0.05) is 45.0 Å². The van der Waals surface area contributed by atoms with E-state index in [4.69, 9.17) is 9.47 Å². The molecule has 0 aliphatic carbocycles. The van der Waals surface area contributed by atoms with Crippen LogP contribution in [-0.4, -0.2) is 43.7 Å². The molecule has 2 heterocycles. The Balaban J connectivity index is 1.46. The van der Waals surface area contributed by atoms with Gasteiger partial charge in [-0.05, 0) is 54.6 Å². The number of rotatable bonds is 6. The molecule has 2 aliphatic rings. The maximum Gasteiger partial charge on any atom is 0.225 e. The molecule has 0 radical (unpaired) electrons. The minimum atomic E-state index is 0.0285. The summed E-state index contributed by atoms with van der Waals surface area (Å²) in [7, 11) is 0. The summed E-state index contributed by atoms with van der Waals surface area (Å²) < 4.78 is 11.2. The highest BCUT2D eigenvalue weighted by Gasteiger charge is 2.23. The number of nitrogens with zero attached hydrogens (tertiary/aromatic N) is 1. The van der Waals surface area contributed by atoms with E-state index in [-0.39, 0.29) is 17.2 Å². The Morgan fingerprint density at radius 3 is 2.35 bits per heavy atom. The first-order valence-corrected chi connectivity index (χ1v) is 11.4. The highest BCUT2D eigenvalue weighted by Crippen LogP contribution is 2.33. The van der Waals surface area contributed by atoms with E-state index in [9.17, 15) is 4.79 Å². The van der Waals surface area contributed by atoms with Crippen molar-refractivity contribution in [2.75, 3.05) is 38.2 Å². The van der Waals surface area contributed by atoms with Crippen molar-refractivity contribution in [3.63, 3.8) is 0 Å². The lowest BCUT2D eigenvalue weighted by Crippen LogP contribution is -2.28. The third-order valence-corrected chi connectivity index (χ3v) is 6.18. The fourth-order valence-electron chi connectivity index (χ4n) is 4.38. The number of amides is 1. The number of nitrogens with one attached hydrogen (secondary N) is 1. The van der Waals surface area contributed by atoms with Gasteiger partial charge >= 0.3 is 0 Å². The van der Waals surface area contributed by atoms with Crippen molar-refractivity contribution >= 4 is 11.6 Å². The Morgan fingerprint density at radius 2 is 1.68 bits per heavy atom. The van der Waals surface area contributed by atoms with Gasteiger partial charge in [-0.2, -0.15) is 0 Å². The van der Waals surface area contributed by atoms with Crippen molar-refractivity contribution in [1.29, 1.82) is 0 Å². The van der Waals surface area contributed by atoms with Crippen molar-refractivity contribution in [3.05, 3.63) is 53.6 Å². The number of fused-ring (bicyclic) bond motifs is 1. The first kappa shape index (κ1) is 21.7. The molecular formula is C26H34N2O3. The molecule has 1 atom stereocenters. The molecular weight excluding hydrogens is 388 g/mol. The molecule has 2 aliphatic heterocycles. The number of carbonyl (C=O) groups is 1. The lowest BCUT2D eigenvalue weighted by atomic mass is 9.85. The fraction of sp³-hybridized carbons (Fsp3) is 0.500. The summed E-state index contributed by atoms with van der Waals surface area (Å²) in [4.78, 5) is 15.4. The van der Waals surface area contributed by atoms with E-state index in [2.05, 4.69) is 55.3 Å². The molecule has 1 fully saturated rings. The lowest BCUT2D eigenvalue weighted by molar-refractivity contribution is -0.116. The Kier molecular flexibility index (Phi) is 6.51. The van der Waals surface area contributed by atoms with E-state index in [0.29, 0.717) is 25.4 Å². The number of carbonyl (C=O) groups excluding carboxylic acids is 1. The normalized spacial score (nSPS) is 17.4. The second-order valence-electron chi connectivity index (χ2n) is 9.69. The summed E-state index contributed by atoms with van der Waals surface area (Å²) in [6.45, 7) is 10.9. The van der Waals surface area contributed by atoms with Crippen LogP contribution in [0.15, 0.2) is 42.5 Å². The quantitative estimate of drug-likeness (QED) is 0.715. The Labute approximate surface area is 185 Å². The van der Waals surface area contributed by atoms with Crippen molar-refractivity contribution in [2.45, 2.75) is 51.4 Å². The van der Waals surface area contributed by atoms with Crippen LogP contribution in [0.5, 0.6) is 11.5 Å². The molecule has 2 aromatic rings. The minimum Gasteiger partial charge on any atom is -0.486 e. The maximum atomic E-state index is 13.0. The van der Waals surface area contributed by atoms with Gasteiger partial charge in [-0.25, -0.2) is 0 Å². The molecule has 5 heteroatoms. The number of likely N-dealkylation sites (tertiary alicyclic amines) is 1. The molecule has 5 nitrogen and oxygen atoms in total. The molecule has 166 valence electrons. The Hall–Kier alpha value is -2.53. The van der Waals surface area contributed by atoms with Crippen LogP contribution in [0.2, 0.25) is 0 Å².